The van der Waals surface area contributed by atoms with E-state index in [1.807, 2.05) is 4.90 Å². The van der Waals surface area contributed by atoms with Crippen LogP contribution in [0.5, 0.6) is 0 Å². The summed E-state index contributed by atoms with van der Waals surface area (Å²) in [5, 5.41) is 15.4. The van der Waals surface area contributed by atoms with E-state index in [4.69, 9.17) is 5.11 Å². The van der Waals surface area contributed by atoms with Crippen molar-refractivity contribution in [1.82, 2.24) is 15.1 Å². The van der Waals surface area contributed by atoms with Crippen LogP contribution in [0.25, 0.3) is 0 Å². The molecule has 1 aliphatic carbocycles. The zero-order valence-electron chi connectivity index (χ0n) is 18.9. The van der Waals surface area contributed by atoms with Crippen molar-refractivity contribution in [3.63, 3.8) is 0 Å². The van der Waals surface area contributed by atoms with Gasteiger partial charge in [-0.1, -0.05) is 24.3 Å². The Morgan fingerprint density at radius 3 is 2.44 bits per heavy atom. The monoisotopic (exact) mass is 476 g/mol. The Kier molecular flexibility index (Phi) is 6.42. The molecule has 7 nitrogen and oxygen atoms in total. The first-order valence-electron chi connectivity index (χ1n) is 11.3. The van der Waals surface area contributed by atoms with Gasteiger partial charge in [0, 0.05) is 13.1 Å². The van der Waals surface area contributed by atoms with Gasteiger partial charge in [0.15, 0.2) is 5.69 Å². The molecule has 2 aromatic rings. The van der Waals surface area contributed by atoms with Crippen molar-refractivity contribution in [3.05, 3.63) is 58.8 Å². The number of carbonyl (C=O) groups is 2. The molecule has 10 heteroatoms. The van der Waals surface area contributed by atoms with Crippen LogP contribution in [0.1, 0.15) is 70.6 Å². The Balaban J connectivity index is 1.59. The van der Waals surface area contributed by atoms with Crippen LogP contribution in [0.15, 0.2) is 36.4 Å². The van der Waals surface area contributed by atoms with Gasteiger partial charge in [-0.05, 0) is 56.2 Å². The second kappa shape index (κ2) is 9.15. The molecule has 1 aromatic heterocycles. The number of benzene rings is 1. The minimum atomic E-state index is -4.77. The summed E-state index contributed by atoms with van der Waals surface area (Å²) >= 11 is 0. The lowest BCUT2D eigenvalue weighted by Crippen LogP contribution is -2.33. The van der Waals surface area contributed by atoms with Crippen molar-refractivity contribution in [1.29, 1.82) is 0 Å². The number of carboxylic acids is 1. The van der Waals surface area contributed by atoms with Gasteiger partial charge in [-0.3, -0.25) is 4.79 Å². The number of aromatic nitrogens is 2. The quantitative estimate of drug-likeness (QED) is 0.593. The summed E-state index contributed by atoms with van der Waals surface area (Å²) in [6.07, 6.45) is -1.08. The van der Waals surface area contributed by atoms with Crippen molar-refractivity contribution in [3.8, 4) is 0 Å². The smallest absolute Gasteiger partial charge is 0.436 e. The van der Waals surface area contributed by atoms with Gasteiger partial charge in [0.1, 0.15) is 11.4 Å². The van der Waals surface area contributed by atoms with Gasteiger partial charge in [-0.2, -0.15) is 18.3 Å². The molecule has 1 aliphatic heterocycles. The van der Waals surface area contributed by atoms with E-state index in [-0.39, 0.29) is 17.9 Å². The number of halogens is 3. The van der Waals surface area contributed by atoms with Crippen LogP contribution in [-0.2, 0) is 12.7 Å². The van der Waals surface area contributed by atoms with Crippen LogP contribution >= 0.6 is 0 Å². The zero-order chi connectivity index (χ0) is 24.6. The molecule has 0 spiro atoms. The number of alkyl halides is 3. The number of nitrogens with one attached hydrogen (secondary N) is 1. The van der Waals surface area contributed by atoms with Gasteiger partial charge in [-0.25, -0.2) is 9.48 Å². The Morgan fingerprint density at radius 2 is 1.85 bits per heavy atom. The van der Waals surface area contributed by atoms with Crippen LogP contribution < -0.4 is 10.2 Å². The molecule has 0 bridgehead atoms. The number of fused-ring (bicyclic) bond motifs is 1. The number of carboxylic acid groups (broad SMARTS) is 1. The lowest BCUT2D eigenvalue weighted by molar-refractivity contribution is -0.141. The largest absolute Gasteiger partial charge is 0.478 e. The van der Waals surface area contributed by atoms with E-state index in [1.165, 1.54) is 34.5 Å². The zero-order valence-corrected chi connectivity index (χ0v) is 18.9. The average Bonchev–Trinajstić information content (AvgIpc) is 3.35. The number of rotatable bonds is 6. The molecule has 4 rings (SSSR count). The molecule has 1 amide bonds. The minimum Gasteiger partial charge on any atom is -0.478 e. The van der Waals surface area contributed by atoms with Crippen LogP contribution in [0.3, 0.4) is 0 Å². The Bertz CT molecular complexity index is 1100. The average molecular weight is 476 g/mol. The van der Waals surface area contributed by atoms with E-state index >= 15 is 0 Å². The molecule has 1 unspecified atom stereocenters. The van der Waals surface area contributed by atoms with Crippen LogP contribution in [-0.4, -0.2) is 39.9 Å². The minimum absolute atomic E-state index is 0.0815. The van der Waals surface area contributed by atoms with E-state index < -0.39 is 35.4 Å². The molecule has 0 saturated heterocycles. The second-order valence-corrected chi connectivity index (χ2v) is 9.03. The maximum absolute atomic E-state index is 13.8. The Labute approximate surface area is 195 Å². The molecular weight excluding hydrogens is 449 g/mol. The van der Waals surface area contributed by atoms with Gasteiger partial charge < -0.3 is 15.3 Å². The lowest BCUT2D eigenvalue weighted by Gasteiger charge is -2.29. The molecule has 34 heavy (non-hydrogen) atoms. The van der Waals surface area contributed by atoms with E-state index in [0.29, 0.717) is 24.6 Å². The highest BCUT2D eigenvalue weighted by atomic mass is 19.4. The number of anilines is 1. The van der Waals surface area contributed by atoms with Crippen molar-refractivity contribution >= 4 is 17.7 Å². The van der Waals surface area contributed by atoms with Gasteiger partial charge >= 0.3 is 12.1 Å². The summed E-state index contributed by atoms with van der Waals surface area (Å²) < 4.78 is 42.8. The molecule has 1 saturated carbocycles. The number of nitrogens with zero attached hydrogens (tertiary/aromatic N) is 3. The summed E-state index contributed by atoms with van der Waals surface area (Å²) in [6.45, 7) is 7.02. The highest BCUT2D eigenvalue weighted by Crippen LogP contribution is 2.39. The molecule has 0 radical (unpaired) electrons. The highest BCUT2D eigenvalue weighted by Gasteiger charge is 2.44. The molecule has 1 fully saturated rings. The summed E-state index contributed by atoms with van der Waals surface area (Å²) in [6, 6.07) is 5.21. The van der Waals surface area contributed by atoms with E-state index in [1.54, 1.807) is 6.92 Å². The summed E-state index contributed by atoms with van der Waals surface area (Å²) in [7, 11) is 0. The van der Waals surface area contributed by atoms with E-state index in [9.17, 15) is 22.8 Å². The fourth-order valence-corrected chi connectivity index (χ4v) is 4.68. The molecular formula is C24H27F3N4O3. The third kappa shape index (κ3) is 4.80. The van der Waals surface area contributed by atoms with Crippen molar-refractivity contribution in [2.75, 3.05) is 18.0 Å². The lowest BCUT2D eigenvalue weighted by atomic mass is 9.86. The summed E-state index contributed by atoms with van der Waals surface area (Å²) in [5.74, 6) is -1.41. The predicted octanol–water partition coefficient (Wildman–Crippen LogP) is 4.66. The maximum Gasteiger partial charge on any atom is 0.436 e. The topological polar surface area (TPSA) is 87.5 Å². The fourth-order valence-electron chi connectivity index (χ4n) is 4.68. The molecule has 2 aliphatic rings. The molecule has 1 atom stereocenters. The number of carbonyl (C=O) groups excluding carboxylic acids is 1. The number of hydrogen-bond acceptors (Lipinski definition) is 4. The first-order valence-corrected chi connectivity index (χ1v) is 11.3. The standard InChI is InChI=1S/C24H27F3N4O3/c1-14-3-5-16(6-4-14)13-30-11-12-31-22(30)19(20(29-31)24(25,26)27)21(32)28-15(2)17-7-9-18(10-8-17)23(33)34/h7-10,15-16H,1,3-6,11-13H2,2H3,(H,28,32)(H,33,34). The first kappa shape index (κ1) is 23.8. The van der Waals surface area contributed by atoms with E-state index in [0.717, 1.165) is 25.7 Å². The van der Waals surface area contributed by atoms with Crippen molar-refractivity contribution in [2.24, 2.45) is 5.92 Å². The van der Waals surface area contributed by atoms with Crippen molar-refractivity contribution < 1.29 is 27.9 Å². The number of amides is 1. The fraction of sp³-hybridized carbons (Fsp3) is 0.458. The maximum atomic E-state index is 13.8. The number of allylic oxidation sites excluding steroid dienone is 1. The summed E-state index contributed by atoms with van der Waals surface area (Å²) in [5.41, 5.74) is 0.218. The normalized spacial score (nSPS) is 17.5. The first-order chi connectivity index (χ1) is 16.0. The molecule has 1 aromatic carbocycles. The van der Waals surface area contributed by atoms with Crippen molar-refractivity contribution in [2.45, 2.75) is 51.4 Å². The number of aromatic carboxylic acids is 1. The third-order valence-corrected chi connectivity index (χ3v) is 6.60. The molecule has 2 N–H and O–H groups in total. The predicted molar refractivity (Wildman–Crippen MR) is 120 cm³/mol. The van der Waals surface area contributed by atoms with Gasteiger partial charge in [-0.15, -0.1) is 0 Å². The van der Waals surface area contributed by atoms with Gasteiger partial charge in [0.25, 0.3) is 5.91 Å². The Morgan fingerprint density at radius 1 is 1.21 bits per heavy atom. The second-order valence-electron chi connectivity index (χ2n) is 9.03. The SMILES string of the molecule is C=C1CCC(CN2CCn3nc(C(F)(F)F)c(C(=O)NC(C)c4ccc(C(=O)O)cc4)c32)CC1. The third-order valence-electron chi connectivity index (χ3n) is 6.60. The summed E-state index contributed by atoms with van der Waals surface area (Å²) in [4.78, 5) is 26.1. The number of hydrogen-bond donors (Lipinski definition) is 2. The molecule has 2 heterocycles. The van der Waals surface area contributed by atoms with Gasteiger partial charge in [0.2, 0.25) is 0 Å². The van der Waals surface area contributed by atoms with Crippen LogP contribution in [0, 0.1) is 5.92 Å². The van der Waals surface area contributed by atoms with Crippen LogP contribution in [0.4, 0.5) is 19.0 Å². The highest BCUT2D eigenvalue weighted by molar-refractivity contribution is 6.01. The van der Waals surface area contributed by atoms with E-state index in [2.05, 4.69) is 17.0 Å². The van der Waals surface area contributed by atoms with Crippen LogP contribution in [0.2, 0.25) is 0 Å². The molecule has 182 valence electrons. The van der Waals surface area contributed by atoms with Gasteiger partial charge in [0.05, 0.1) is 18.2 Å². The Hall–Kier alpha value is -3.30.